The average molecular weight is 308 g/mol. The zero-order valence-electron chi connectivity index (χ0n) is 13.7. The fourth-order valence-corrected chi connectivity index (χ4v) is 4.26. The van der Waals surface area contributed by atoms with Crippen molar-refractivity contribution in [2.75, 3.05) is 13.2 Å². The van der Waals surface area contributed by atoms with Crippen LogP contribution >= 0.6 is 11.3 Å². The first-order chi connectivity index (χ1) is 9.99. The molecule has 2 atom stereocenters. The van der Waals surface area contributed by atoms with Gasteiger partial charge in [0.15, 0.2) is 0 Å². The third-order valence-corrected chi connectivity index (χ3v) is 5.75. The van der Waals surface area contributed by atoms with E-state index < -0.39 is 0 Å². The molecule has 1 saturated carbocycles. The Labute approximate surface area is 133 Å². The van der Waals surface area contributed by atoms with Crippen molar-refractivity contribution in [3.8, 4) is 0 Å². The molecule has 0 amide bonds. The fourth-order valence-electron chi connectivity index (χ4n) is 3.56. The molecule has 0 bridgehead atoms. The Bertz CT molecular complexity index is 446. The molecule has 3 rings (SSSR count). The number of aryl methyl sites for hydroxylation is 1. The Balaban J connectivity index is 1.70. The highest BCUT2D eigenvalue weighted by molar-refractivity contribution is 7.07. The summed E-state index contributed by atoms with van der Waals surface area (Å²) in [6.45, 7) is 8.85. The quantitative estimate of drug-likeness (QED) is 0.848. The van der Waals surface area contributed by atoms with Gasteiger partial charge in [0.1, 0.15) is 0 Å². The van der Waals surface area contributed by atoms with E-state index in [2.05, 4.69) is 42.9 Å². The van der Waals surface area contributed by atoms with E-state index >= 15 is 0 Å². The van der Waals surface area contributed by atoms with Crippen molar-refractivity contribution < 1.29 is 4.74 Å². The van der Waals surface area contributed by atoms with Crippen LogP contribution in [0, 0.1) is 11.3 Å². The minimum Gasteiger partial charge on any atom is -0.377 e. The maximum Gasteiger partial charge on any atom is 0.0672 e. The molecule has 1 aromatic rings. The molecule has 2 aliphatic rings. The maximum atomic E-state index is 6.19. The van der Waals surface area contributed by atoms with Gasteiger partial charge in [-0.15, -0.1) is 0 Å². The van der Waals surface area contributed by atoms with Crippen molar-refractivity contribution in [1.29, 1.82) is 0 Å². The number of rotatable bonds is 6. The molecule has 1 aliphatic heterocycles. The molecular formula is C18H29NOS. The zero-order chi connectivity index (χ0) is 14.9. The van der Waals surface area contributed by atoms with Crippen molar-refractivity contribution in [3.05, 3.63) is 22.4 Å². The number of nitrogens with one attached hydrogen (secondary N) is 1. The smallest absolute Gasteiger partial charge is 0.0672 e. The number of thiophene rings is 1. The Kier molecular flexibility index (Phi) is 4.45. The van der Waals surface area contributed by atoms with E-state index in [1.54, 1.807) is 0 Å². The summed E-state index contributed by atoms with van der Waals surface area (Å²) in [5.74, 6) is 0.830. The third kappa shape index (κ3) is 3.88. The van der Waals surface area contributed by atoms with E-state index in [0.29, 0.717) is 11.5 Å². The van der Waals surface area contributed by atoms with Crippen LogP contribution in [0.5, 0.6) is 0 Å². The standard InChI is InChI=1S/C18H29NOS/c1-17(2,3)19-13-18(8-6-14-7-11-21-12-14)9-10-20-16(18)15-4-5-15/h7,11-12,15-16,19H,4-6,8-10,13H2,1-3H3. The molecular weight excluding hydrogens is 278 g/mol. The molecule has 0 radical (unpaired) electrons. The predicted molar refractivity (Wildman–Crippen MR) is 89.9 cm³/mol. The van der Waals surface area contributed by atoms with Crippen LogP contribution in [-0.4, -0.2) is 24.8 Å². The molecule has 1 aliphatic carbocycles. The minimum atomic E-state index is 0.187. The number of hydrogen-bond acceptors (Lipinski definition) is 3. The van der Waals surface area contributed by atoms with Crippen LogP contribution in [0.3, 0.4) is 0 Å². The van der Waals surface area contributed by atoms with Gasteiger partial charge >= 0.3 is 0 Å². The molecule has 0 spiro atoms. The van der Waals surface area contributed by atoms with Gasteiger partial charge in [-0.3, -0.25) is 0 Å². The lowest BCUT2D eigenvalue weighted by Crippen LogP contribution is -2.48. The molecule has 1 N–H and O–H groups in total. The lowest BCUT2D eigenvalue weighted by Gasteiger charge is -2.37. The van der Waals surface area contributed by atoms with E-state index in [9.17, 15) is 0 Å². The Morgan fingerprint density at radius 1 is 1.38 bits per heavy atom. The minimum absolute atomic E-state index is 0.187. The van der Waals surface area contributed by atoms with Gasteiger partial charge in [0.05, 0.1) is 6.10 Å². The van der Waals surface area contributed by atoms with Gasteiger partial charge in [-0.2, -0.15) is 11.3 Å². The first-order valence-electron chi connectivity index (χ1n) is 8.36. The third-order valence-electron chi connectivity index (χ3n) is 5.01. The van der Waals surface area contributed by atoms with Gasteiger partial charge < -0.3 is 10.1 Å². The Morgan fingerprint density at radius 3 is 2.81 bits per heavy atom. The summed E-state index contributed by atoms with van der Waals surface area (Å²) in [4.78, 5) is 0. The van der Waals surface area contributed by atoms with Gasteiger partial charge in [0, 0.05) is 24.1 Å². The van der Waals surface area contributed by atoms with Crippen LogP contribution in [0.25, 0.3) is 0 Å². The van der Waals surface area contributed by atoms with Gasteiger partial charge in [-0.25, -0.2) is 0 Å². The molecule has 21 heavy (non-hydrogen) atoms. The lowest BCUT2D eigenvalue weighted by molar-refractivity contribution is 0.0240. The van der Waals surface area contributed by atoms with Crippen LogP contribution in [0.4, 0.5) is 0 Å². The summed E-state index contributed by atoms with van der Waals surface area (Å²) in [5, 5.41) is 8.26. The van der Waals surface area contributed by atoms with E-state index in [0.717, 1.165) is 19.1 Å². The summed E-state index contributed by atoms with van der Waals surface area (Å²) in [7, 11) is 0. The molecule has 2 heterocycles. The second kappa shape index (κ2) is 6.02. The van der Waals surface area contributed by atoms with Crippen molar-refractivity contribution in [3.63, 3.8) is 0 Å². The highest BCUT2D eigenvalue weighted by atomic mass is 32.1. The van der Waals surface area contributed by atoms with E-state index in [1.165, 1.54) is 37.7 Å². The second-order valence-electron chi connectivity index (χ2n) is 7.98. The van der Waals surface area contributed by atoms with Crippen LogP contribution in [0.2, 0.25) is 0 Å². The van der Waals surface area contributed by atoms with Gasteiger partial charge in [0.25, 0.3) is 0 Å². The van der Waals surface area contributed by atoms with Crippen LogP contribution in [0.1, 0.15) is 52.0 Å². The summed E-state index contributed by atoms with van der Waals surface area (Å²) in [6.07, 6.45) is 6.92. The normalized spacial score (nSPS) is 30.0. The zero-order valence-corrected chi connectivity index (χ0v) is 14.5. The molecule has 3 heteroatoms. The van der Waals surface area contributed by atoms with E-state index in [1.807, 2.05) is 11.3 Å². The average Bonchev–Trinajstić information content (AvgIpc) is 2.98. The Morgan fingerprint density at radius 2 is 2.19 bits per heavy atom. The van der Waals surface area contributed by atoms with Crippen molar-refractivity contribution in [1.82, 2.24) is 5.32 Å². The second-order valence-corrected chi connectivity index (χ2v) is 8.76. The van der Waals surface area contributed by atoms with Crippen LogP contribution in [0.15, 0.2) is 16.8 Å². The number of hydrogen-bond donors (Lipinski definition) is 1. The van der Waals surface area contributed by atoms with Crippen LogP contribution < -0.4 is 5.32 Å². The first-order valence-corrected chi connectivity index (χ1v) is 9.31. The predicted octanol–water partition coefficient (Wildman–Crippen LogP) is 4.25. The molecule has 2 fully saturated rings. The lowest BCUT2D eigenvalue weighted by atomic mass is 9.74. The molecule has 2 nitrogen and oxygen atoms in total. The fraction of sp³-hybridized carbons (Fsp3) is 0.778. The van der Waals surface area contributed by atoms with E-state index in [4.69, 9.17) is 4.74 Å². The topological polar surface area (TPSA) is 21.3 Å². The van der Waals surface area contributed by atoms with Gasteiger partial charge in [0.2, 0.25) is 0 Å². The SMILES string of the molecule is CC(C)(C)NCC1(CCc2ccsc2)CCOC1C1CC1. The van der Waals surface area contributed by atoms with Gasteiger partial charge in [-0.05, 0) is 81.2 Å². The monoisotopic (exact) mass is 307 g/mol. The van der Waals surface area contributed by atoms with Crippen molar-refractivity contribution in [2.45, 2.75) is 64.5 Å². The summed E-state index contributed by atoms with van der Waals surface area (Å²) in [6, 6.07) is 2.28. The van der Waals surface area contributed by atoms with Crippen molar-refractivity contribution >= 4 is 11.3 Å². The maximum absolute atomic E-state index is 6.19. The molecule has 0 aromatic carbocycles. The molecule has 1 saturated heterocycles. The van der Waals surface area contributed by atoms with Crippen molar-refractivity contribution in [2.24, 2.45) is 11.3 Å². The van der Waals surface area contributed by atoms with Crippen LogP contribution in [-0.2, 0) is 11.2 Å². The largest absolute Gasteiger partial charge is 0.377 e. The highest BCUT2D eigenvalue weighted by Crippen LogP contribution is 2.50. The first kappa shape index (κ1) is 15.5. The summed E-state index contributed by atoms with van der Waals surface area (Å²) in [5.41, 5.74) is 2.03. The highest BCUT2D eigenvalue weighted by Gasteiger charge is 2.50. The van der Waals surface area contributed by atoms with Gasteiger partial charge in [-0.1, -0.05) is 0 Å². The molecule has 2 unspecified atom stereocenters. The number of ether oxygens (including phenoxy) is 1. The molecule has 118 valence electrons. The molecule has 1 aromatic heterocycles. The Hall–Kier alpha value is -0.380. The summed E-state index contributed by atoms with van der Waals surface area (Å²) < 4.78 is 6.19. The summed E-state index contributed by atoms with van der Waals surface area (Å²) >= 11 is 1.81. The van der Waals surface area contributed by atoms with E-state index in [-0.39, 0.29) is 5.54 Å².